The number of hydrogen-bond donors (Lipinski definition) is 1. The minimum Gasteiger partial charge on any atom is -0.330 e. The van der Waals surface area contributed by atoms with Crippen LogP contribution in [0.4, 0.5) is 0 Å². The normalized spacial score (nSPS) is 19.5. The summed E-state index contributed by atoms with van der Waals surface area (Å²) in [5.74, 6) is 0.772. The molecule has 1 aliphatic rings. The van der Waals surface area contributed by atoms with Gasteiger partial charge in [-0.2, -0.15) is 0 Å². The molecule has 1 atom stereocenters. The van der Waals surface area contributed by atoms with Crippen molar-refractivity contribution in [3.63, 3.8) is 0 Å². The molecule has 0 aliphatic carbocycles. The fraction of sp³-hybridized carbons (Fsp3) is 0.500. The van der Waals surface area contributed by atoms with Crippen LogP contribution in [0, 0.1) is 12.8 Å². The van der Waals surface area contributed by atoms with E-state index in [0.29, 0.717) is 0 Å². The molecule has 4 heteroatoms. The molecule has 1 aliphatic heterocycles. The van der Waals surface area contributed by atoms with Gasteiger partial charge in [-0.3, -0.25) is 4.90 Å². The summed E-state index contributed by atoms with van der Waals surface area (Å²) in [5, 5.41) is 3.34. The standard InChI is InChI=1S/C18H25N3S/c1-14-4-6-16(7-5-14)18-20-17(13-22-18)12-21-10-2-3-15(11-21)8-9-19/h4-7,13,15H,2-3,8-12,19H2,1H3. The first-order valence-electron chi connectivity index (χ1n) is 8.18. The van der Waals surface area contributed by atoms with Gasteiger partial charge < -0.3 is 5.73 Å². The van der Waals surface area contributed by atoms with E-state index in [4.69, 9.17) is 10.7 Å². The van der Waals surface area contributed by atoms with E-state index in [1.54, 1.807) is 11.3 Å². The molecule has 1 saturated heterocycles. The molecule has 1 fully saturated rings. The molecule has 0 amide bonds. The largest absolute Gasteiger partial charge is 0.330 e. The Bertz CT molecular complexity index is 589. The van der Waals surface area contributed by atoms with Crippen LogP contribution in [0.3, 0.4) is 0 Å². The van der Waals surface area contributed by atoms with Gasteiger partial charge in [0.05, 0.1) is 5.69 Å². The van der Waals surface area contributed by atoms with Crippen molar-refractivity contribution in [2.24, 2.45) is 11.7 Å². The maximum atomic E-state index is 5.71. The average molecular weight is 315 g/mol. The fourth-order valence-electron chi connectivity index (χ4n) is 3.20. The second kappa shape index (κ2) is 7.36. The fourth-order valence-corrected chi connectivity index (χ4v) is 4.02. The molecule has 2 heterocycles. The first-order chi connectivity index (χ1) is 10.7. The SMILES string of the molecule is Cc1ccc(-c2nc(CN3CCCC(CCN)C3)cs2)cc1. The highest BCUT2D eigenvalue weighted by molar-refractivity contribution is 7.13. The number of nitrogens with two attached hydrogens (primary N) is 1. The van der Waals surface area contributed by atoms with Crippen molar-refractivity contribution < 1.29 is 0 Å². The van der Waals surface area contributed by atoms with E-state index in [1.165, 1.54) is 42.8 Å². The van der Waals surface area contributed by atoms with Gasteiger partial charge in [0.2, 0.25) is 0 Å². The number of aromatic nitrogens is 1. The first kappa shape index (κ1) is 15.7. The zero-order valence-corrected chi connectivity index (χ0v) is 14.1. The van der Waals surface area contributed by atoms with Gasteiger partial charge in [-0.25, -0.2) is 4.98 Å². The van der Waals surface area contributed by atoms with Crippen molar-refractivity contribution in [1.82, 2.24) is 9.88 Å². The van der Waals surface area contributed by atoms with Crippen LogP contribution in [0.2, 0.25) is 0 Å². The molecule has 1 aromatic heterocycles. The van der Waals surface area contributed by atoms with Crippen molar-refractivity contribution in [2.75, 3.05) is 19.6 Å². The summed E-state index contributed by atoms with van der Waals surface area (Å²) >= 11 is 1.75. The average Bonchev–Trinajstić information content (AvgIpc) is 2.97. The number of hydrogen-bond acceptors (Lipinski definition) is 4. The quantitative estimate of drug-likeness (QED) is 0.915. The molecule has 0 bridgehead atoms. The van der Waals surface area contributed by atoms with Gasteiger partial charge in [-0.05, 0) is 45.2 Å². The highest BCUT2D eigenvalue weighted by Gasteiger charge is 2.20. The molecule has 0 radical (unpaired) electrons. The highest BCUT2D eigenvalue weighted by Crippen LogP contribution is 2.26. The van der Waals surface area contributed by atoms with Gasteiger partial charge in [0, 0.05) is 24.0 Å². The summed E-state index contributed by atoms with van der Waals surface area (Å²) in [6.07, 6.45) is 3.78. The molecular weight excluding hydrogens is 290 g/mol. The van der Waals surface area contributed by atoms with E-state index in [9.17, 15) is 0 Å². The minimum atomic E-state index is 0.772. The van der Waals surface area contributed by atoms with Gasteiger partial charge >= 0.3 is 0 Å². The number of benzene rings is 1. The molecule has 118 valence electrons. The second-order valence-corrected chi connectivity index (χ2v) is 7.19. The van der Waals surface area contributed by atoms with Crippen LogP contribution in [0.15, 0.2) is 29.6 Å². The highest BCUT2D eigenvalue weighted by atomic mass is 32.1. The smallest absolute Gasteiger partial charge is 0.123 e. The summed E-state index contributed by atoms with van der Waals surface area (Å²) in [4.78, 5) is 7.37. The van der Waals surface area contributed by atoms with E-state index in [1.807, 2.05) is 0 Å². The van der Waals surface area contributed by atoms with Crippen LogP contribution in [-0.2, 0) is 6.54 Å². The molecule has 2 N–H and O–H groups in total. The van der Waals surface area contributed by atoms with Gasteiger partial charge in [-0.1, -0.05) is 29.8 Å². The van der Waals surface area contributed by atoms with Crippen LogP contribution in [0.1, 0.15) is 30.5 Å². The summed E-state index contributed by atoms with van der Waals surface area (Å²) in [6.45, 7) is 6.27. The third kappa shape index (κ3) is 3.94. The lowest BCUT2D eigenvalue weighted by Crippen LogP contribution is -2.35. The van der Waals surface area contributed by atoms with Gasteiger partial charge in [0.15, 0.2) is 0 Å². The number of aryl methyl sites for hydroxylation is 1. The van der Waals surface area contributed by atoms with Crippen molar-refractivity contribution in [1.29, 1.82) is 0 Å². The molecule has 3 rings (SSSR count). The lowest BCUT2D eigenvalue weighted by atomic mass is 9.95. The summed E-state index contributed by atoms with van der Waals surface area (Å²) in [5.41, 5.74) is 9.42. The molecule has 22 heavy (non-hydrogen) atoms. The zero-order chi connectivity index (χ0) is 15.4. The van der Waals surface area contributed by atoms with Gasteiger partial charge in [-0.15, -0.1) is 11.3 Å². The monoisotopic (exact) mass is 315 g/mol. The Balaban J connectivity index is 1.63. The predicted molar refractivity (Wildman–Crippen MR) is 94.0 cm³/mol. The van der Waals surface area contributed by atoms with E-state index < -0.39 is 0 Å². The molecule has 1 aromatic carbocycles. The Kier molecular flexibility index (Phi) is 5.24. The maximum Gasteiger partial charge on any atom is 0.123 e. The Morgan fingerprint density at radius 3 is 2.91 bits per heavy atom. The van der Waals surface area contributed by atoms with Crippen LogP contribution in [0.25, 0.3) is 10.6 Å². The zero-order valence-electron chi connectivity index (χ0n) is 13.3. The number of likely N-dealkylation sites (tertiary alicyclic amines) is 1. The van der Waals surface area contributed by atoms with E-state index in [2.05, 4.69) is 41.5 Å². The lowest BCUT2D eigenvalue weighted by molar-refractivity contribution is 0.162. The Hall–Kier alpha value is -1.23. The molecule has 0 spiro atoms. The maximum absolute atomic E-state index is 5.71. The van der Waals surface area contributed by atoms with E-state index in [-0.39, 0.29) is 0 Å². The van der Waals surface area contributed by atoms with Crippen LogP contribution < -0.4 is 5.73 Å². The molecule has 1 unspecified atom stereocenters. The number of rotatable bonds is 5. The predicted octanol–water partition coefficient (Wildman–Crippen LogP) is 3.68. The van der Waals surface area contributed by atoms with Crippen molar-refractivity contribution in [3.05, 3.63) is 40.9 Å². The molecule has 2 aromatic rings. The Morgan fingerprint density at radius 1 is 1.32 bits per heavy atom. The minimum absolute atomic E-state index is 0.772. The Labute approximate surface area is 137 Å². The third-order valence-corrected chi connectivity index (χ3v) is 5.35. The molecular formula is C18H25N3S. The number of nitrogens with zero attached hydrogens (tertiary/aromatic N) is 2. The summed E-state index contributed by atoms with van der Waals surface area (Å²) in [7, 11) is 0. The van der Waals surface area contributed by atoms with E-state index in [0.717, 1.165) is 30.4 Å². The summed E-state index contributed by atoms with van der Waals surface area (Å²) < 4.78 is 0. The lowest BCUT2D eigenvalue weighted by Gasteiger charge is -2.32. The first-order valence-corrected chi connectivity index (χ1v) is 9.06. The Morgan fingerprint density at radius 2 is 2.14 bits per heavy atom. The van der Waals surface area contributed by atoms with Crippen molar-refractivity contribution in [3.8, 4) is 10.6 Å². The molecule has 3 nitrogen and oxygen atoms in total. The van der Waals surface area contributed by atoms with Crippen molar-refractivity contribution >= 4 is 11.3 Å². The number of piperidine rings is 1. The van der Waals surface area contributed by atoms with Crippen molar-refractivity contribution in [2.45, 2.75) is 32.7 Å². The van der Waals surface area contributed by atoms with Crippen LogP contribution in [0.5, 0.6) is 0 Å². The van der Waals surface area contributed by atoms with Crippen LogP contribution >= 0.6 is 11.3 Å². The molecule has 0 saturated carbocycles. The van der Waals surface area contributed by atoms with Gasteiger partial charge in [0.25, 0.3) is 0 Å². The van der Waals surface area contributed by atoms with Gasteiger partial charge in [0.1, 0.15) is 5.01 Å². The summed E-state index contributed by atoms with van der Waals surface area (Å²) in [6, 6.07) is 8.63. The topological polar surface area (TPSA) is 42.2 Å². The second-order valence-electron chi connectivity index (χ2n) is 6.33. The third-order valence-electron chi connectivity index (χ3n) is 4.41. The van der Waals surface area contributed by atoms with E-state index >= 15 is 0 Å². The number of thiazole rings is 1. The van der Waals surface area contributed by atoms with Crippen LogP contribution in [-0.4, -0.2) is 29.5 Å².